The van der Waals surface area contributed by atoms with E-state index in [1.165, 1.54) is 11.1 Å². The Morgan fingerprint density at radius 3 is 1.50 bits per heavy atom. The largest absolute Gasteiger partial charge is 0.0622 e. The van der Waals surface area contributed by atoms with Gasteiger partial charge in [0, 0.05) is 0 Å². The van der Waals surface area contributed by atoms with Crippen LogP contribution in [0.4, 0.5) is 0 Å². The van der Waals surface area contributed by atoms with Gasteiger partial charge >= 0.3 is 0 Å². The molecule has 0 saturated heterocycles. The van der Waals surface area contributed by atoms with Crippen LogP contribution in [0.2, 0.25) is 0 Å². The van der Waals surface area contributed by atoms with E-state index in [0.29, 0.717) is 0 Å². The lowest BCUT2D eigenvalue weighted by Crippen LogP contribution is -1.64. The van der Waals surface area contributed by atoms with Gasteiger partial charge in [-0.15, -0.1) is 0 Å². The monoisotopic (exact) mass is 158 g/mol. The maximum Gasteiger partial charge on any atom is -0.0398 e. The molecule has 0 bridgehead atoms. The quantitative estimate of drug-likeness (QED) is 0.542. The molecule has 0 aliphatic rings. The molecule has 0 radical (unpaired) electrons. The summed E-state index contributed by atoms with van der Waals surface area (Å²) in [6.45, 7) is 4.19. The van der Waals surface area contributed by atoms with Crippen molar-refractivity contribution in [1.82, 2.24) is 0 Å². The highest BCUT2D eigenvalue weighted by Gasteiger charge is 1.74. The predicted octanol–water partition coefficient (Wildman–Crippen LogP) is 3.43. The van der Waals surface area contributed by atoms with Crippen molar-refractivity contribution in [2.75, 3.05) is 0 Å². The highest BCUT2D eigenvalue weighted by molar-refractivity contribution is 5.13. The molecule has 0 atom stereocenters. The molecule has 0 heterocycles. The van der Waals surface area contributed by atoms with Crippen LogP contribution >= 0.6 is 0 Å². The van der Waals surface area contributed by atoms with Crippen LogP contribution in [0.15, 0.2) is 48.5 Å². The van der Waals surface area contributed by atoms with Crippen molar-refractivity contribution >= 4 is 0 Å². The zero-order chi connectivity index (χ0) is 8.81. The van der Waals surface area contributed by atoms with Gasteiger partial charge in [0.1, 0.15) is 0 Å². The Morgan fingerprint density at radius 1 is 0.583 bits per heavy atom. The minimum atomic E-state index is 1.27. The summed E-state index contributed by atoms with van der Waals surface area (Å²) < 4.78 is 0. The summed E-state index contributed by atoms with van der Waals surface area (Å²) in [5, 5.41) is 0. The van der Waals surface area contributed by atoms with Crippen molar-refractivity contribution in [3.8, 4) is 0 Å². The van der Waals surface area contributed by atoms with Gasteiger partial charge in [0.05, 0.1) is 0 Å². The van der Waals surface area contributed by atoms with Crippen molar-refractivity contribution in [2.45, 2.75) is 13.8 Å². The number of hydrogen-bond acceptors (Lipinski definition) is 0. The molecule has 1 rings (SSSR count). The Morgan fingerprint density at radius 2 is 1.00 bits per heavy atom. The van der Waals surface area contributed by atoms with Gasteiger partial charge in [0.15, 0.2) is 0 Å². The van der Waals surface area contributed by atoms with Crippen LogP contribution in [0.3, 0.4) is 0 Å². The third-order valence-corrected chi connectivity index (χ3v) is 1.66. The Balaban J connectivity index is 3.19. The molecule has 0 aliphatic carbocycles. The van der Waals surface area contributed by atoms with Crippen LogP contribution in [0.5, 0.6) is 0 Å². The molecule has 0 heteroatoms. The van der Waals surface area contributed by atoms with Gasteiger partial charge in [-0.2, -0.15) is 0 Å². The van der Waals surface area contributed by atoms with Crippen LogP contribution in [0.1, 0.15) is 11.1 Å². The summed E-state index contributed by atoms with van der Waals surface area (Å²) in [6, 6.07) is 16.6. The van der Waals surface area contributed by atoms with E-state index in [2.05, 4.69) is 56.3 Å². The lowest BCUT2D eigenvalue weighted by atomic mass is 10.2. The van der Waals surface area contributed by atoms with Gasteiger partial charge in [-0.1, -0.05) is 59.7 Å². The van der Waals surface area contributed by atoms with Crippen LogP contribution in [0, 0.1) is 13.8 Å². The van der Waals surface area contributed by atoms with Gasteiger partial charge in [-0.25, -0.2) is 0 Å². The predicted molar refractivity (Wildman–Crippen MR) is 53.5 cm³/mol. The molecule has 1 aromatic rings. The summed E-state index contributed by atoms with van der Waals surface area (Å²) in [7, 11) is 0. The molecule has 0 N–H and O–H groups in total. The standard InChI is InChI=1S/C12H14/c1-11-7-4-3-5-8-12(2)10-6-9-11/h3-10H,1-2H3. The molecule has 0 saturated carbocycles. The maximum atomic E-state index is 2.10. The van der Waals surface area contributed by atoms with E-state index in [4.69, 9.17) is 0 Å². The Bertz CT molecular complexity index is 271. The van der Waals surface area contributed by atoms with Crippen LogP contribution in [0.25, 0.3) is 0 Å². The molecule has 12 heavy (non-hydrogen) atoms. The SMILES string of the molecule is Cc1cccccc(C)ccc1. The molecule has 0 fully saturated rings. The van der Waals surface area contributed by atoms with Gasteiger partial charge in [0.2, 0.25) is 0 Å². The minimum Gasteiger partial charge on any atom is -0.0622 e. The van der Waals surface area contributed by atoms with E-state index in [1.54, 1.807) is 0 Å². The van der Waals surface area contributed by atoms with Crippen molar-refractivity contribution in [3.05, 3.63) is 59.7 Å². The van der Waals surface area contributed by atoms with Crippen LogP contribution < -0.4 is 0 Å². The van der Waals surface area contributed by atoms with E-state index in [0.717, 1.165) is 0 Å². The van der Waals surface area contributed by atoms with Gasteiger partial charge in [-0.3, -0.25) is 0 Å². The smallest absolute Gasteiger partial charge is 0.0398 e. The fraction of sp³-hybridized carbons (Fsp3) is 0.167. The van der Waals surface area contributed by atoms with E-state index >= 15 is 0 Å². The summed E-state index contributed by atoms with van der Waals surface area (Å²) in [6.07, 6.45) is 0. The van der Waals surface area contributed by atoms with E-state index in [1.807, 2.05) is 6.07 Å². The van der Waals surface area contributed by atoms with Crippen LogP contribution in [-0.4, -0.2) is 0 Å². The molecular formula is C12H14. The molecule has 0 unspecified atom stereocenters. The van der Waals surface area contributed by atoms with E-state index in [-0.39, 0.29) is 0 Å². The molecular weight excluding hydrogens is 144 g/mol. The molecule has 62 valence electrons. The van der Waals surface area contributed by atoms with Crippen LogP contribution in [-0.2, 0) is 0 Å². The lowest BCUT2D eigenvalue weighted by molar-refractivity contribution is 1.46. The molecule has 0 spiro atoms. The molecule has 1 aromatic carbocycles. The second-order valence-electron chi connectivity index (χ2n) is 2.92. The fourth-order valence-electron chi connectivity index (χ4n) is 0.942. The van der Waals surface area contributed by atoms with E-state index < -0.39 is 0 Å². The normalized spacial score (nSPS) is 8.83. The van der Waals surface area contributed by atoms with Crippen molar-refractivity contribution in [2.24, 2.45) is 0 Å². The maximum absolute atomic E-state index is 2.10. The second kappa shape index (κ2) is 4.55. The highest BCUT2D eigenvalue weighted by Crippen LogP contribution is 1.94. The molecule has 0 amide bonds. The third kappa shape index (κ3) is 3.20. The number of hydrogen-bond donors (Lipinski definition) is 0. The lowest BCUT2D eigenvalue weighted by Gasteiger charge is -1.84. The van der Waals surface area contributed by atoms with E-state index in [9.17, 15) is 0 Å². The van der Waals surface area contributed by atoms with Gasteiger partial charge in [-0.05, 0) is 13.8 Å². The van der Waals surface area contributed by atoms with Crippen molar-refractivity contribution in [3.63, 3.8) is 0 Å². The highest BCUT2D eigenvalue weighted by atomic mass is 13.8. The first-order valence-electron chi connectivity index (χ1n) is 4.15. The summed E-state index contributed by atoms with van der Waals surface area (Å²) >= 11 is 0. The first kappa shape index (κ1) is 8.79. The average Bonchev–Trinajstić information content (AvgIpc) is 2.04. The molecule has 0 nitrogen and oxygen atoms in total. The minimum absolute atomic E-state index is 1.27. The van der Waals surface area contributed by atoms with Gasteiger partial charge < -0.3 is 0 Å². The second-order valence-corrected chi connectivity index (χ2v) is 2.92. The topological polar surface area (TPSA) is 0 Å². The number of aryl methyl sites for hydroxylation is 2. The van der Waals surface area contributed by atoms with Crippen molar-refractivity contribution in [1.29, 1.82) is 0 Å². The van der Waals surface area contributed by atoms with Crippen molar-refractivity contribution < 1.29 is 0 Å². The Hall–Kier alpha value is -1.30. The first-order valence-corrected chi connectivity index (χ1v) is 4.15. The fourth-order valence-corrected chi connectivity index (χ4v) is 0.942. The number of rotatable bonds is 0. The first-order chi connectivity index (χ1) is 5.79. The zero-order valence-electron chi connectivity index (χ0n) is 7.62. The average molecular weight is 158 g/mol. The summed E-state index contributed by atoms with van der Waals surface area (Å²) in [5.41, 5.74) is 2.54. The Kier molecular flexibility index (Phi) is 3.34. The zero-order valence-corrected chi connectivity index (χ0v) is 7.62. The summed E-state index contributed by atoms with van der Waals surface area (Å²) in [4.78, 5) is 0. The third-order valence-electron chi connectivity index (χ3n) is 1.66. The Labute approximate surface area is 74.2 Å². The van der Waals surface area contributed by atoms with Gasteiger partial charge in [0.25, 0.3) is 0 Å². The molecule has 0 aliphatic heterocycles. The molecule has 0 aromatic heterocycles. The summed E-state index contributed by atoms with van der Waals surface area (Å²) in [5.74, 6) is 0.